The molecule has 1 saturated heterocycles. The van der Waals surface area contributed by atoms with Crippen LogP contribution < -0.4 is 10.6 Å². The van der Waals surface area contributed by atoms with E-state index >= 15 is 0 Å². The highest BCUT2D eigenvalue weighted by molar-refractivity contribution is 6.00. The Morgan fingerprint density at radius 3 is 2.58 bits per heavy atom. The van der Waals surface area contributed by atoms with Gasteiger partial charge in [0.2, 0.25) is 11.8 Å². The quantitative estimate of drug-likeness (QED) is 0.824. The van der Waals surface area contributed by atoms with Crippen LogP contribution in [-0.4, -0.2) is 29.4 Å². The van der Waals surface area contributed by atoms with Crippen molar-refractivity contribution in [2.24, 2.45) is 11.7 Å². The van der Waals surface area contributed by atoms with Gasteiger partial charge in [-0.15, -0.1) is 0 Å². The first-order valence-electron chi connectivity index (χ1n) is 5.52. The summed E-state index contributed by atoms with van der Waals surface area (Å²) < 4.78 is 13.8. The van der Waals surface area contributed by atoms with Crippen LogP contribution in [0.2, 0.25) is 0 Å². The second-order valence-corrected chi connectivity index (χ2v) is 4.28. The predicted molar refractivity (Wildman–Crippen MR) is 63.0 cm³/mol. The zero-order chi connectivity index (χ0) is 14.2. The number of hydrogen-bond acceptors (Lipinski definition) is 3. The van der Waals surface area contributed by atoms with Crippen LogP contribution in [0.5, 0.6) is 0 Å². The summed E-state index contributed by atoms with van der Waals surface area (Å²) >= 11 is 0. The average molecular weight is 266 g/mol. The van der Waals surface area contributed by atoms with E-state index in [1.54, 1.807) is 0 Å². The number of aromatic carboxylic acids is 1. The zero-order valence-corrected chi connectivity index (χ0v) is 9.80. The molecule has 0 radical (unpaired) electrons. The molecule has 6 nitrogen and oxygen atoms in total. The number of carboxylic acid groups (broad SMARTS) is 1. The molecule has 0 aromatic heterocycles. The van der Waals surface area contributed by atoms with Gasteiger partial charge in [-0.05, 0) is 18.2 Å². The van der Waals surface area contributed by atoms with Crippen molar-refractivity contribution < 1.29 is 23.9 Å². The monoisotopic (exact) mass is 266 g/mol. The van der Waals surface area contributed by atoms with Gasteiger partial charge in [-0.3, -0.25) is 9.59 Å². The fourth-order valence-electron chi connectivity index (χ4n) is 1.99. The average Bonchev–Trinajstić information content (AvgIpc) is 2.71. The summed E-state index contributed by atoms with van der Waals surface area (Å²) in [5.41, 5.74) is 4.86. The summed E-state index contributed by atoms with van der Waals surface area (Å²) in [5.74, 6) is -3.75. The molecule has 0 aliphatic carbocycles. The molecule has 2 amide bonds. The molecule has 1 heterocycles. The van der Waals surface area contributed by atoms with Crippen molar-refractivity contribution in [1.82, 2.24) is 0 Å². The summed E-state index contributed by atoms with van der Waals surface area (Å²) in [6, 6.07) is 3.24. The van der Waals surface area contributed by atoms with Crippen molar-refractivity contribution in [3.63, 3.8) is 0 Å². The number of hydrogen-bond donors (Lipinski definition) is 2. The largest absolute Gasteiger partial charge is 0.478 e. The van der Waals surface area contributed by atoms with E-state index in [0.717, 1.165) is 11.0 Å². The number of rotatable bonds is 3. The van der Waals surface area contributed by atoms with E-state index in [-0.39, 0.29) is 24.2 Å². The first-order valence-corrected chi connectivity index (χ1v) is 5.52. The van der Waals surface area contributed by atoms with Crippen molar-refractivity contribution in [3.05, 3.63) is 29.6 Å². The van der Waals surface area contributed by atoms with Crippen molar-refractivity contribution in [1.29, 1.82) is 0 Å². The molecule has 0 saturated carbocycles. The Morgan fingerprint density at radius 2 is 2.11 bits per heavy atom. The van der Waals surface area contributed by atoms with E-state index in [9.17, 15) is 18.8 Å². The van der Waals surface area contributed by atoms with E-state index in [2.05, 4.69) is 0 Å². The molecule has 3 N–H and O–H groups in total. The summed E-state index contributed by atoms with van der Waals surface area (Å²) in [4.78, 5) is 34.5. The highest BCUT2D eigenvalue weighted by Gasteiger charge is 2.35. The van der Waals surface area contributed by atoms with Gasteiger partial charge >= 0.3 is 5.97 Å². The van der Waals surface area contributed by atoms with E-state index in [1.165, 1.54) is 12.1 Å². The Kier molecular flexibility index (Phi) is 3.20. The van der Waals surface area contributed by atoms with Crippen LogP contribution in [0.1, 0.15) is 16.8 Å². The molecule has 2 rings (SSSR count). The maximum atomic E-state index is 13.8. The van der Waals surface area contributed by atoms with E-state index in [0.29, 0.717) is 0 Å². The number of primary amides is 1. The second-order valence-electron chi connectivity index (χ2n) is 4.28. The Bertz CT molecular complexity index is 573. The number of amides is 2. The summed E-state index contributed by atoms with van der Waals surface area (Å²) in [7, 11) is 0. The van der Waals surface area contributed by atoms with Gasteiger partial charge in [-0.1, -0.05) is 0 Å². The molecular formula is C12H11FN2O4. The smallest absolute Gasteiger partial charge is 0.335 e. The number of carbonyl (C=O) groups is 3. The number of benzene rings is 1. The number of carboxylic acids is 1. The van der Waals surface area contributed by atoms with Crippen LogP contribution in [0.25, 0.3) is 0 Å². The number of anilines is 1. The molecule has 1 unspecified atom stereocenters. The lowest BCUT2D eigenvalue weighted by atomic mass is 10.1. The lowest BCUT2D eigenvalue weighted by molar-refractivity contribution is -0.123. The third-order valence-electron chi connectivity index (χ3n) is 3.01. The Balaban J connectivity index is 2.30. The van der Waals surface area contributed by atoms with Gasteiger partial charge < -0.3 is 15.7 Å². The lowest BCUT2D eigenvalue weighted by Gasteiger charge is -2.17. The summed E-state index contributed by atoms with van der Waals surface area (Å²) in [6.07, 6.45) is -0.0601. The van der Waals surface area contributed by atoms with Crippen LogP contribution in [-0.2, 0) is 9.59 Å². The summed E-state index contributed by atoms with van der Waals surface area (Å²) in [6.45, 7) is 0.0114. The minimum atomic E-state index is -1.26. The van der Waals surface area contributed by atoms with E-state index in [1.807, 2.05) is 0 Å². The zero-order valence-electron chi connectivity index (χ0n) is 9.80. The molecule has 1 aliphatic heterocycles. The Morgan fingerprint density at radius 1 is 1.42 bits per heavy atom. The minimum absolute atomic E-state index is 0.0114. The third kappa shape index (κ3) is 2.40. The molecule has 0 spiro atoms. The molecule has 7 heteroatoms. The van der Waals surface area contributed by atoms with Crippen LogP contribution in [0.4, 0.5) is 10.1 Å². The van der Waals surface area contributed by atoms with Crippen molar-refractivity contribution in [2.75, 3.05) is 11.4 Å². The third-order valence-corrected chi connectivity index (χ3v) is 3.01. The molecule has 1 fully saturated rings. The number of nitrogens with zero attached hydrogens (tertiary/aromatic N) is 1. The molecule has 1 aromatic rings. The topological polar surface area (TPSA) is 101 Å². The molecule has 19 heavy (non-hydrogen) atoms. The van der Waals surface area contributed by atoms with E-state index in [4.69, 9.17) is 10.8 Å². The van der Waals surface area contributed by atoms with Crippen LogP contribution >= 0.6 is 0 Å². The van der Waals surface area contributed by atoms with Gasteiger partial charge in [-0.2, -0.15) is 0 Å². The number of carbonyl (C=O) groups excluding carboxylic acids is 2. The Hall–Kier alpha value is -2.44. The van der Waals surface area contributed by atoms with Crippen molar-refractivity contribution in [3.8, 4) is 0 Å². The van der Waals surface area contributed by atoms with Crippen LogP contribution in [0, 0.1) is 11.7 Å². The maximum absolute atomic E-state index is 13.8. The van der Waals surface area contributed by atoms with Crippen molar-refractivity contribution >= 4 is 23.5 Å². The number of halogens is 1. The van der Waals surface area contributed by atoms with Gasteiger partial charge in [0, 0.05) is 13.0 Å². The molecule has 1 aliphatic rings. The minimum Gasteiger partial charge on any atom is -0.478 e. The normalized spacial score (nSPS) is 18.7. The molecule has 100 valence electrons. The van der Waals surface area contributed by atoms with Crippen LogP contribution in [0.15, 0.2) is 18.2 Å². The highest BCUT2D eigenvalue weighted by Crippen LogP contribution is 2.27. The van der Waals surface area contributed by atoms with Gasteiger partial charge in [0.05, 0.1) is 17.2 Å². The molecule has 0 bridgehead atoms. The first-order chi connectivity index (χ1) is 8.90. The van der Waals surface area contributed by atoms with Gasteiger partial charge in [0.1, 0.15) is 5.82 Å². The first kappa shape index (κ1) is 13.0. The highest BCUT2D eigenvalue weighted by atomic mass is 19.1. The predicted octanol–water partition coefficient (Wildman–Crippen LogP) is 0.362. The maximum Gasteiger partial charge on any atom is 0.335 e. The molecular weight excluding hydrogens is 255 g/mol. The van der Waals surface area contributed by atoms with Crippen LogP contribution in [0.3, 0.4) is 0 Å². The van der Waals surface area contributed by atoms with Gasteiger partial charge in [0.15, 0.2) is 0 Å². The molecule has 1 atom stereocenters. The van der Waals surface area contributed by atoms with Crippen molar-refractivity contribution in [2.45, 2.75) is 6.42 Å². The Labute approximate surface area is 107 Å². The number of nitrogens with two attached hydrogens (primary N) is 1. The van der Waals surface area contributed by atoms with Gasteiger partial charge in [0.25, 0.3) is 0 Å². The second kappa shape index (κ2) is 4.68. The fraction of sp³-hybridized carbons (Fsp3) is 0.250. The molecule has 1 aromatic carbocycles. The van der Waals surface area contributed by atoms with Gasteiger partial charge in [-0.25, -0.2) is 9.18 Å². The SMILES string of the molecule is NC(=O)C1CC(=O)N(c2ccc(C(=O)O)cc2F)C1. The lowest BCUT2D eigenvalue weighted by Crippen LogP contribution is -2.29. The summed E-state index contributed by atoms with van der Waals surface area (Å²) in [5, 5.41) is 8.72. The standard InChI is InChI=1S/C12H11FN2O4/c13-8-3-6(12(18)19)1-2-9(8)15-5-7(11(14)17)4-10(15)16/h1-3,7H,4-5H2,(H2,14,17)(H,18,19). The van der Waals surface area contributed by atoms with E-state index < -0.39 is 29.5 Å². The fourth-order valence-corrected chi connectivity index (χ4v) is 1.99.